The molecule has 2 heterocycles. The smallest absolute Gasteiger partial charge is 0.254 e. The van der Waals surface area contributed by atoms with Gasteiger partial charge in [-0.25, -0.2) is 0 Å². The summed E-state index contributed by atoms with van der Waals surface area (Å²) in [5.41, 5.74) is 0.688. The van der Waals surface area contributed by atoms with Crippen molar-refractivity contribution < 1.29 is 14.3 Å². The Morgan fingerprint density at radius 1 is 1.33 bits per heavy atom. The molecule has 2 aliphatic heterocycles. The topological polar surface area (TPSA) is 38.8 Å². The third-order valence-electron chi connectivity index (χ3n) is 3.56. The molecule has 0 aromatic heterocycles. The Morgan fingerprint density at radius 3 is 3.00 bits per heavy atom. The van der Waals surface area contributed by atoms with Crippen molar-refractivity contribution in [2.75, 3.05) is 19.9 Å². The molecule has 0 spiro atoms. The van der Waals surface area contributed by atoms with E-state index < -0.39 is 0 Å². The fraction of sp³-hybridized carbons (Fsp3) is 0.500. The summed E-state index contributed by atoms with van der Waals surface area (Å²) < 4.78 is 10.6. The standard InChI is InChI=1S/C14H17NO3/c1-10-3-2-6-15(8-10)14(16)11-4-5-12-13(7-11)18-9-17-12/h4-5,7,10H,2-3,6,8-9H2,1H3/t10-/m1/s1. The van der Waals surface area contributed by atoms with Crippen molar-refractivity contribution in [2.45, 2.75) is 19.8 Å². The maximum absolute atomic E-state index is 12.4. The minimum absolute atomic E-state index is 0.0971. The van der Waals surface area contributed by atoms with Crippen LogP contribution in [-0.2, 0) is 0 Å². The highest BCUT2D eigenvalue weighted by molar-refractivity contribution is 5.95. The van der Waals surface area contributed by atoms with E-state index in [4.69, 9.17) is 9.47 Å². The molecule has 96 valence electrons. The van der Waals surface area contributed by atoms with Gasteiger partial charge < -0.3 is 14.4 Å². The SMILES string of the molecule is C[C@@H]1CCCN(C(=O)c2ccc3c(c2)OCO3)C1. The van der Waals surface area contributed by atoms with Gasteiger partial charge in [-0.1, -0.05) is 6.92 Å². The summed E-state index contributed by atoms with van der Waals surface area (Å²) in [6.07, 6.45) is 2.31. The Hall–Kier alpha value is -1.71. The zero-order valence-corrected chi connectivity index (χ0v) is 10.5. The number of benzene rings is 1. The third-order valence-corrected chi connectivity index (χ3v) is 3.56. The summed E-state index contributed by atoms with van der Waals surface area (Å²) in [7, 11) is 0. The highest BCUT2D eigenvalue weighted by Gasteiger charge is 2.23. The van der Waals surface area contributed by atoms with Crippen LogP contribution in [0.15, 0.2) is 18.2 Å². The van der Waals surface area contributed by atoms with Gasteiger partial charge in [0.1, 0.15) is 0 Å². The van der Waals surface area contributed by atoms with E-state index in [9.17, 15) is 4.79 Å². The van der Waals surface area contributed by atoms with Gasteiger partial charge in [-0.3, -0.25) is 4.79 Å². The minimum atomic E-state index is 0.0971. The van der Waals surface area contributed by atoms with Crippen molar-refractivity contribution in [1.29, 1.82) is 0 Å². The van der Waals surface area contributed by atoms with Gasteiger partial charge in [0.05, 0.1) is 0 Å². The lowest BCUT2D eigenvalue weighted by atomic mass is 9.99. The maximum Gasteiger partial charge on any atom is 0.254 e. The average molecular weight is 247 g/mol. The molecule has 1 aromatic rings. The van der Waals surface area contributed by atoms with Gasteiger partial charge in [0, 0.05) is 18.7 Å². The Balaban J connectivity index is 1.79. The van der Waals surface area contributed by atoms with Crippen molar-refractivity contribution in [3.05, 3.63) is 23.8 Å². The molecule has 2 aliphatic rings. The molecule has 1 saturated heterocycles. The molecule has 1 fully saturated rings. The summed E-state index contributed by atoms with van der Waals surface area (Å²) in [6, 6.07) is 5.40. The number of fused-ring (bicyclic) bond motifs is 1. The first-order chi connectivity index (χ1) is 8.74. The summed E-state index contributed by atoms with van der Waals surface area (Å²) in [5, 5.41) is 0. The number of amides is 1. The van der Waals surface area contributed by atoms with Gasteiger partial charge in [-0.15, -0.1) is 0 Å². The molecule has 0 bridgehead atoms. The maximum atomic E-state index is 12.4. The molecular weight excluding hydrogens is 230 g/mol. The number of ether oxygens (including phenoxy) is 2. The molecule has 1 amide bonds. The van der Waals surface area contributed by atoms with E-state index in [1.54, 1.807) is 6.07 Å². The number of piperidine rings is 1. The summed E-state index contributed by atoms with van der Waals surface area (Å²) >= 11 is 0. The molecule has 0 radical (unpaired) electrons. The number of hydrogen-bond acceptors (Lipinski definition) is 3. The van der Waals surface area contributed by atoms with Crippen molar-refractivity contribution in [2.24, 2.45) is 5.92 Å². The van der Waals surface area contributed by atoms with Crippen molar-refractivity contribution in [3.63, 3.8) is 0 Å². The van der Waals surface area contributed by atoms with E-state index in [2.05, 4.69) is 6.92 Å². The molecule has 0 saturated carbocycles. The monoisotopic (exact) mass is 247 g/mol. The normalized spacial score (nSPS) is 22.1. The van der Waals surface area contributed by atoms with Crippen LogP contribution in [0.4, 0.5) is 0 Å². The highest BCUT2D eigenvalue weighted by atomic mass is 16.7. The van der Waals surface area contributed by atoms with E-state index in [0.717, 1.165) is 25.3 Å². The van der Waals surface area contributed by atoms with Gasteiger partial charge in [0.2, 0.25) is 6.79 Å². The van der Waals surface area contributed by atoms with Crippen LogP contribution in [-0.4, -0.2) is 30.7 Å². The van der Waals surface area contributed by atoms with Gasteiger partial charge in [0.25, 0.3) is 5.91 Å². The van der Waals surface area contributed by atoms with Crippen LogP contribution >= 0.6 is 0 Å². The summed E-state index contributed by atoms with van der Waals surface area (Å²) in [6.45, 7) is 4.15. The molecule has 18 heavy (non-hydrogen) atoms. The zero-order valence-electron chi connectivity index (χ0n) is 10.5. The van der Waals surface area contributed by atoms with Crippen LogP contribution < -0.4 is 9.47 Å². The summed E-state index contributed by atoms with van der Waals surface area (Å²) in [4.78, 5) is 14.3. The minimum Gasteiger partial charge on any atom is -0.454 e. The number of rotatable bonds is 1. The lowest BCUT2D eigenvalue weighted by Crippen LogP contribution is -2.39. The van der Waals surface area contributed by atoms with Crippen LogP contribution in [0, 0.1) is 5.92 Å². The number of carbonyl (C=O) groups excluding carboxylic acids is 1. The second-order valence-electron chi connectivity index (χ2n) is 5.07. The largest absolute Gasteiger partial charge is 0.454 e. The number of carbonyl (C=O) groups is 1. The molecule has 1 atom stereocenters. The lowest BCUT2D eigenvalue weighted by molar-refractivity contribution is 0.0682. The zero-order chi connectivity index (χ0) is 12.5. The van der Waals surface area contributed by atoms with Gasteiger partial charge in [-0.05, 0) is 37.0 Å². The van der Waals surface area contributed by atoms with Gasteiger partial charge >= 0.3 is 0 Å². The first-order valence-electron chi connectivity index (χ1n) is 6.43. The van der Waals surface area contributed by atoms with Crippen LogP contribution in [0.25, 0.3) is 0 Å². The predicted octanol–water partition coefficient (Wildman–Crippen LogP) is 2.29. The van der Waals surface area contributed by atoms with Crippen molar-refractivity contribution in [3.8, 4) is 11.5 Å². The van der Waals surface area contributed by atoms with Crippen LogP contribution in [0.5, 0.6) is 11.5 Å². The van der Waals surface area contributed by atoms with Crippen LogP contribution in [0.1, 0.15) is 30.1 Å². The Morgan fingerprint density at radius 2 is 2.17 bits per heavy atom. The lowest BCUT2D eigenvalue weighted by Gasteiger charge is -2.31. The molecule has 3 rings (SSSR count). The van der Waals surface area contributed by atoms with E-state index >= 15 is 0 Å². The quantitative estimate of drug-likeness (QED) is 0.764. The molecule has 0 unspecified atom stereocenters. The third kappa shape index (κ3) is 2.03. The first kappa shape index (κ1) is 11.4. The molecule has 4 heteroatoms. The van der Waals surface area contributed by atoms with Crippen molar-refractivity contribution in [1.82, 2.24) is 4.90 Å². The van der Waals surface area contributed by atoms with E-state index in [0.29, 0.717) is 17.2 Å². The van der Waals surface area contributed by atoms with Crippen LogP contribution in [0.3, 0.4) is 0 Å². The van der Waals surface area contributed by atoms with Crippen LogP contribution in [0.2, 0.25) is 0 Å². The predicted molar refractivity (Wildman–Crippen MR) is 66.9 cm³/mol. The molecule has 0 N–H and O–H groups in total. The Kier molecular flexibility index (Phi) is 2.86. The van der Waals surface area contributed by atoms with Crippen molar-refractivity contribution >= 4 is 5.91 Å². The molecule has 1 aromatic carbocycles. The fourth-order valence-corrected chi connectivity index (χ4v) is 2.59. The first-order valence-corrected chi connectivity index (χ1v) is 6.43. The van der Waals surface area contributed by atoms with E-state index in [1.165, 1.54) is 6.42 Å². The number of nitrogens with zero attached hydrogens (tertiary/aromatic N) is 1. The fourth-order valence-electron chi connectivity index (χ4n) is 2.59. The summed E-state index contributed by atoms with van der Waals surface area (Å²) in [5.74, 6) is 2.08. The number of hydrogen-bond donors (Lipinski definition) is 0. The average Bonchev–Trinajstić information content (AvgIpc) is 2.85. The molecule has 0 aliphatic carbocycles. The number of likely N-dealkylation sites (tertiary alicyclic amines) is 1. The highest BCUT2D eigenvalue weighted by Crippen LogP contribution is 2.33. The molecule has 4 nitrogen and oxygen atoms in total. The van der Waals surface area contributed by atoms with E-state index in [1.807, 2.05) is 17.0 Å². The second-order valence-corrected chi connectivity index (χ2v) is 5.07. The van der Waals surface area contributed by atoms with E-state index in [-0.39, 0.29) is 12.7 Å². The van der Waals surface area contributed by atoms with Gasteiger partial charge in [-0.2, -0.15) is 0 Å². The Labute approximate surface area is 106 Å². The van der Waals surface area contributed by atoms with Gasteiger partial charge in [0.15, 0.2) is 11.5 Å². The molecular formula is C14H17NO3. The second kappa shape index (κ2) is 4.52. The Bertz CT molecular complexity index is 472.